The van der Waals surface area contributed by atoms with Crippen molar-refractivity contribution in [3.63, 3.8) is 0 Å². The van der Waals surface area contributed by atoms with Crippen molar-refractivity contribution in [3.8, 4) is 0 Å². The highest BCUT2D eigenvalue weighted by Gasteiger charge is 2.11. The molecule has 0 atom stereocenters. The first-order valence-corrected chi connectivity index (χ1v) is 7.81. The van der Waals surface area contributed by atoms with Crippen molar-refractivity contribution in [2.75, 3.05) is 5.32 Å². The number of rotatable bonds is 2. The first-order chi connectivity index (χ1) is 8.97. The zero-order valence-electron chi connectivity index (χ0n) is 9.38. The van der Waals surface area contributed by atoms with Crippen LogP contribution >= 0.6 is 61.7 Å². The summed E-state index contributed by atoms with van der Waals surface area (Å²) in [6.45, 7) is 0. The second-order valence-corrected chi connectivity index (χ2v) is 6.57. The van der Waals surface area contributed by atoms with E-state index in [1.54, 1.807) is 18.2 Å². The van der Waals surface area contributed by atoms with Gasteiger partial charge in [-0.3, -0.25) is 4.79 Å². The minimum Gasteiger partial charge on any atom is -0.322 e. The lowest BCUT2D eigenvalue weighted by Gasteiger charge is -2.08. The van der Waals surface area contributed by atoms with Crippen molar-refractivity contribution >= 4 is 73.3 Å². The third kappa shape index (κ3) is 3.84. The van der Waals surface area contributed by atoms with Gasteiger partial charge < -0.3 is 5.32 Å². The molecule has 0 fully saturated rings. The van der Waals surface area contributed by atoms with Crippen LogP contribution < -0.4 is 5.32 Å². The van der Waals surface area contributed by atoms with Gasteiger partial charge in [0.05, 0.1) is 10.6 Å². The molecule has 0 aliphatic carbocycles. The average molecular weight is 471 g/mol. The van der Waals surface area contributed by atoms with E-state index in [2.05, 4.69) is 43.8 Å². The molecule has 2 nitrogen and oxygen atoms in total. The van der Waals surface area contributed by atoms with Gasteiger partial charge in [-0.2, -0.15) is 0 Å². The van der Waals surface area contributed by atoms with E-state index >= 15 is 0 Å². The Balaban J connectivity index is 2.25. The van der Waals surface area contributed by atoms with E-state index in [-0.39, 0.29) is 5.91 Å². The van der Waals surface area contributed by atoms with Crippen LogP contribution in [-0.4, -0.2) is 5.91 Å². The molecule has 1 N–H and O–H groups in total. The molecule has 0 spiro atoms. The summed E-state index contributed by atoms with van der Waals surface area (Å²) < 4.78 is 1.99. The van der Waals surface area contributed by atoms with Crippen LogP contribution in [0.3, 0.4) is 0 Å². The summed E-state index contributed by atoms with van der Waals surface area (Å²) in [6.07, 6.45) is 0. The Morgan fingerprint density at radius 1 is 1.16 bits per heavy atom. The van der Waals surface area contributed by atoms with Gasteiger partial charge in [-0.15, -0.1) is 0 Å². The van der Waals surface area contributed by atoms with Crippen molar-refractivity contribution in [2.45, 2.75) is 0 Å². The van der Waals surface area contributed by atoms with Crippen LogP contribution in [0.5, 0.6) is 0 Å². The third-order valence-corrected chi connectivity index (χ3v) is 5.24. The zero-order valence-corrected chi connectivity index (χ0v) is 14.6. The van der Waals surface area contributed by atoms with Gasteiger partial charge in [0.15, 0.2) is 0 Å². The molecule has 0 bridgehead atoms. The van der Waals surface area contributed by atoms with Crippen molar-refractivity contribution in [1.82, 2.24) is 0 Å². The number of hydrogen-bond acceptors (Lipinski definition) is 1. The molecule has 0 heterocycles. The van der Waals surface area contributed by atoms with Crippen molar-refractivity contribution in [1.29, 1.82) is 0 Å². The van der Waals surface area contributed by atoms with Gasteiger partial charge in [-0.1, -0.05) is 23.2 Å². The lowest BCUT2D eigenvalue weighted by Crippen LogP contribution is -2.12. The van der Waals surface area contributed by atoms with Gasteiger partial charge in [0.25, 0.3) is 5.91 Å². The predicted molar refractivity (Wildman–Crippen MR) is 91.3 cm³/mol. The Bertz CT molecular complexity index is 649. The molecule has 2 aromatic rings. The van der Waals surface area contributed by atoms with Gasteiger partial charge >= 0.3 is 0 Å². The predicted octanol–water partition coefficient (Wildman–Crippen LogP) is 5.61. The van der Waals surface area contributed by atoms with Gasteiger partial charge in [-0.05, 0) is 74.9 Å². The number of carbonyl (C=O) groups is 1. The molecule has 2 aromatic carbocycles. The highest BCUT2D eigenvalue weighted by atomic mass is 127. The van der Waals surface area contributed by atoms with Crippen LogP contribution in [0, 0.1) is 3.57 Å². The largest absolute Gasteiger partial charge is 0.322 e. The van der Waals surface area contributed by atoms with E-state index in [0.717, 1.165) is 8.04 Å². The quantitative estimate of drug-likeness (QED) is 0.568. The number of benzene rings is 2. The number of carbonyl (C=O) groups excluding carboxylic acids is 1. The summed E-state index contributed by atoms with van der Waals surface area (Å²) in [6, 6.07) is 10.3. The summed E-state index contributed by atoms with van der Waals surface area (Å²) in [5, 5.41) is 3.63. The zero-order chi connectivity index (χ0) is 14.0. The number of hydrogen-bond donors (Lipinski definition) is 1. The summed E-state index contributed by atoms with van der Waals surface area (Å²) in [4.78, 5) is 12.1. The second-order valence-electron chi connectivity index (χ2n) is 3.71. The Morgan fingerprint density at radius 3 is 2.58 bits per heavy atom. The fourth-order valence-electron chi connectivity index (χ4n) is 1.44. The van der Waals surface area contributed by atoms with Gasteiger partial charge in [0.1, 0.15) is 0 Å². The molecule has 98 valence electrons. The molecule has 0 radical (unpaired) electrons. The molecule has 19 heavy (non-hydrogen) atoms. The fraction of sp³-hybridized carbons (Fsp3) is 0. The molecule has 0 saturated carbocycles. The van der Waals surface area contributed by atoms with Crippen LogP contribution in [0.15, 0.2) is 40.9 Å². The lowest BCUT2D eigenvalue weighted by molar-refractivity contribution is 0.102. The number of nitrogens with one attached hydrogen (secondary N) is 1. The lowest BCUT2D eigenvalue weighted by atomic mass is 10.2. The Hall–Kier alpha value is -0.300. The van der Waals surface area contributed by atoms with E-state index < -0.39 is 0 Å². The monoisotopic (exact) mass is 469 g/mol. The molecule has 2 rings (SSSR count). The first-order valence-electron chi connectivity index (χ1n) is 5.19. The highest BCUT2D eigenvalue weighted by molar-refractivity contribution is 14.1. The van der Waals surface area contributed by atoms with E-state index in [1.165, 1.54) is 0 Å². The maximum absolute atomic E-state index is 12.1. The first kappa shape index (κ1) is 15.1. The maximum atomic E-state index is 12.1. The van der Waals surface area contributed by atoms with Crippen LogP contribution in [0.4, 0.5) is 5.69 Å². The molecule has 0 aliphatic heterocycles. The van der Waals surface area contributed by atoms with Crippen molar-refractivity contribution < 1.29 is 4.79 Å². The topological polar surface area (TPSA) is 29.1 Å². The fourth-order valence-corrected chi connectivity index (χ4v) is 2.58. The molecule has 6 heteroatoms. The Kier molecular flexibility index (Phi) is 5.11. The standard InChI is InChI=1S/C13H7BrCl2INO/c14-10-3-2-8(6-12(10)17)18-13(19)9-5-7(15)1-4-11(9)16/h1-6H,(H,18,19). The summed E-state index contributed by atoms with van der Waals surface area (Å²) >= 11 is 17.4. The molecular formula is C13H7BrCl2INO. The van der Waals surface area contributed by atoms with Gasteiger partial charge in [0, 0.05) is 18.8 Å². The van der Waals surface area contributed by atoms with Crippen LogP contribution in [-0.2, 0) is 0 Å². The summed E-state index contributed by atoms with van der Waals surface area (Å²) in [5.41, 5.74) is 1.06. The minimum atomic E-state index is -0.286. The third-order valence-electron chi connectivity index (χ3n) is 2.35. The van der Waals surface area contributed by atoms with E-state index in [1.807, 2.05) is 18.2 Å². The van der Waals surface area contributed by atoms with E-state index in [4.69, 9.17) is 23.2 Å². The Labute approximate surface area is 142 Å². The number of halogens is 4. The molecule has 0 aromatic heterocycles. The van der Waals surface area contributed by atoms with Gasteiger partial charge in [0.2, 0.25) is 0 Å². The SMILES string of the molecule is O=C(Nc1ccc(Br)c(I)c1)c1cc(Cl)ccc1Cl. The summed E-state index contributed by atoms with van der Waals surface area (Å²) in [5.74, 6) is -0.286. The molecule has 1 amide bonds. The van der Waals surface area contributed by atoms with Crippen molar-refractivity contribution in [3.05, 3.63) is 60.0 Å². The Morgan fingerprint density at radius 2 is 1.89 bits per heavy atom. The molecular weight excluding hydrogens is 464 g/mol. The maximum Gasteiger partial charge on any atom is 0.257 e. The minimum absolute atomic E-state index is 0.286. The second kappa shape index (κ2) is 6.43. The van der Waals surface area contributed by atoms with Crippen LogP contribution in [0.2, 0.25) is 10.0 Å². The highest BCUT2D eigenvalue weighted by Crippen LogP contribution is 2.25. The van der Waals surface area contributed by atoms with Crippen LogP contribution in [0.25, 0.3) is 0 Å². The molecule has 0 unspecified atom stereocenters. The average Bonchev–Trinajstić information content (AvgIpc) is 2.36. The normalized spacial score (nSPS) is 10.3. The van der Waals surface area contributed by atoms with E-state index in [9.17, 15) is 4.79 Å². The number of anilines is 1. The van der Waals surface area contributed by atoms with Gasteiger partial charge in [-0.25, -0.2) is 0 Å². The van der Waals surface area contributed by atoms with E-state index in [0.29, 0.717) is 21.3 Å². The molecule has 0 aliphatic rings. The smallest absolute Gasteiger partial charge is 0.257 e. The number of amides is 1. The molecule has 0 saturated heterocycles. The van der Waals surface area contributed by atoms with Crippen LogP contribution in [0.1, 0.15) is 10.4 Å². The van der Waals surface area contributed by atoms with Crippen molar-refractivity contribution in [2.24, 2.45) is 0 Å². The summed E-state index contributed by atoms with van der Waals surface area (Å²) in [7, 11) is 0.